The maximum absolute atomic E-state index is 12.9. The molecule has 0 spiro atoms. The Morgan fingerprint density at radius 1 is 1.33 bits per heavy atom. The number of fused-ring (bicyclic) bond motifs is 1. The number of rotatable bonds is 3. The molecule has 1 amide bonds. The van der Waals surface area contributed by atoms with Crippen LogP contribution in [0.4, 0.5) is 0 Å². The lowest BCUT2D eigenvalue weighted by molar-refractivity contribution is -0.141. The van der Waals surface area contributed by atoms with Gasteiger partial charge in [0.15, 0.2) is 0 Å². The molecule has 1 aromatic carbocycles. The van der Waals surface area contributed by atoms with E-state index in [0.29, 0.717) is 43.9 Å². The number of nitrogens with zero attached hydrogens (tertiary/aromatic N) is 3. The Labute approximate surface area is 140 Å². The maximum Gasteiger partial charge on any atom is 0.241 e. The Bertz CT molecular complexity index is 743. The molecule has 1 aromatic heterocycles. The van der Waals surface area contributed by atoms with Crippen molar-refractivity contribution in [1.29, 1.82) is 0 Å². The summed E-state index contributed by atoms with van der Waals surface area (Å²) in [7, 11) is 0. The standard InChI is InChI=1S/C18H21N3O3/c1-12-19-20-18(24-12)16-11-23-9-8-21(16)17(22)10-14-7-6-13-4-2-3-5-15(13)14/h2-5,14,16H,6-11H2,1H3/t14-,16+/m1/s1. The van der Waals surface area contributed by atoms with Gasteiger partial charge in [0.1, 0.15) is 6.04 Å². The second kappa shape index (κ2) is 6.36. The predicted molar refractivity (Wildman–Crippen MR) is 86.4 cm³/mol. The number of carbonyl (C=O) groups excluding carboxylic acids is 1. The Morgan fingerprint density at radius 2 is 2.21 bits per heavy atom. The second-order valence-corrected chi connectivity index (χ2v) is 6.48. The molecule has 2 aromatic rings. The van der Waals surface area contributed by atoms with Crippen LogP contribution in [0.1, 0.15) is 47.7 Å². The van der Waals surface area contributed by atoms with Gasteiger partial charge in [0.2, 0.25) is 17.7 Å². The number of benzene rings is 1. The minimum atomic E-state index is -0.274. The van der Waals surface area contributed by atoms with Crippen molar-refractivity contribution in [1.82, 2.24) is 15.1 Å². The summed E-state index contributed by atoms with van der Waals surface area (Å²) < 4.78 is 11.1. The Morgan fingerprint density at radius 3 is 3.04 bits per heavy atom. The van der Waals surface area contributed by atoms with Gasteiger partial charge in [0, 0.05) is 19.9 Å². The van der Waals surface area contributed by atoms with Gasteiger partial charge in [-0.25, -0.2) is 0 Å². The van der Waals surface area contributed by atoms with Crippen molar-refractivity contribution in [2.45, 2.75) is 38.1 Å². The first-order valence-electron chi connectivity index (χ1n) is 8.47. The topological polar surface area (TPSA) is 68.5 Å². The van der Waals surface area contributed by atoms with Crippen LogP contribution >= 0.6 is 0 Å². The number of carbonyl (C=O) groups is 1. The lowest BCUT2D eigenvalue weighted by Gasteiger charge is -2.34. The van der Waals surface area contributed by atoms with Crippen molar-refractivity contribution in [3.05, 3.63) is 47.2 Å². The first kappa shape index (κ1) is 15.3. The zero-order chi connectivity index (χ0) is 16.5. The van der Waals surface area contributed by atoms with Gasteiger partial charge in [-0.3, -0.25) is 4.79 Å². The Hall–Kier alpha value is -2.21. The summed E-state index contributed by atoms with van der Waals surface area (Å²) in [6.45, 7) is 3.28. The van der Waals surface area contributed by atoms with E-state index in [1.807, 2.05) is 4.90 Å². The van der Waals surface area contributed by atoms with E-state index in [-0.39, 0.29) is 11.9 Å². The van der Waals surface area contributed by atoms with Gasteiger partial charge in [-0.15, -0.1) is 10.2 Å². The molecule has 1 saturated heterocycles. The summed E-state index contributed by atoms with van der Waals surface area (Å²) in [5, 5.41) is 7.96. The molecular formula is C18H21N3O3. The van der Waals surface area contributed by atoms with Crippen LogP contribution < -0.4 is 0 Å². The Kier molecular flexibility index (Phi) is 4.06. The number of aromatic nitrogens is 2. The third-order valence-electron chi connectivity index (χ3n) is 4.95. The quantitative estimate of drug-likeness (QED) is 0.866. The van der Waals surface area contributed by atoms with E-state index in [0.717, 1.165) is 12.8 Å². The molecular weight excluding hydrogens is 306 g/mol. The largest absolute Gasteiger partial charge is 0.423 e. The molecule has 2 aliphatic rings. The average molecular weight is 327 g/mol. The van der Waals surface area contributed by atoms with Crippen LogP contribution in [0.2, 0.25) is 0 Å². The van der Waals surface area contributed by atoms with E-state index in [1.54, 1.807) is 6.92 Å². The lowest BCUT2D eigenvalue weighted by atomic mass is 9.97. The first-order chi connectivity index (χ1) is 11.7. The highest BCUT2D eigenvalue weighted by Crippen LogP contribution is 2.36. The molecule has 24 heavy (non-hydrogen) atoms. The fraction of sp³-hybridized carbons (Fsp3) is 0.500. The van der Waals surface area contributed by atoms with Crippen LogP contribution in [0.15, 0.2) is 28.7 Å². The van der Waals surface area contributed by atoms with Crippen molar-refractivity contribution in [2.24, 2.45) is 0 Å². The predicted octanol–water partition coefficient (Wildman–Crippen LogP) is 2.40. The van der Waals surface area contributed by atoms with Gasteiger partial charge in [-0.1, -0.05) is 24.3 Å². The molecule has 6 nitrogen and oxygen atoms in total. The van der Waals surface area contributed by atoms with Crippen LogP contribution in [0, 0.1) is 6.92 Å². The molecule has 0 radical (unpaired) electrons. The van der Waals surface area contributed by atoms with Crippen LogP contribution in [-0.4, -0.2) is 40.8 Å². The molecule has 0 unspecified atom stereocenters. The van der Waals surface area contributed by atoms with E-state index in [2.05, 4.69) is 34.5 Å². The highest BCUT2D eigenvalue weighted by atomic mass is 16.5. The summed E-state index contributed by atoms with van der Waals surface area (Å²) in [5.74, 6) is 1.42. The van der Waals surface area contributed by atoms with Crippen LogP contribution in [0.25, 0.3) is 0 Å². The Balaban J connectivity index is 1.50. The summed E-state index contributed by atoms with van der Waals surface area (Å²) in [4.78, 5) is 14.8. The van der Waals surface area contributed by atoms with Crippen LogP contribution in [0.5, 0.6) is 0 Å². The lowest BCUT2D eigenvalue weighted by Crippen LogP contribution is -2.43. The van der Waals surface area contributed by atoms with E-state index in [4.69, 9.17) is 9.15 Å². The molecule has 0 saturated carbocycles. The third kappa shape index (κ3) is 2.82. The smallest absolute Gasteiger partial charge is 0.241 e. The van der Waals surface area contributed by atoms with Gasteiger partial charge in [-0.2, -0.15) is 0 Å². The molecule has 1 aliphatic carbocycles. The van der Waals surface area contributed by atoms with Gasteiger partial charge < -0.3 is 14.1 Å². The molecule has 0 bridgehead atoms. The van der Waals surface area contributed by atoms with Crippen molar-refractivity contribution in [3.63, 3.8) is 0 Å². The number of amides is 1. The molecule has 4 rings (SSSR count). The molecule has 1 aliphatic heterocycles. The zero-order valence-electron chi connectivity index (χ0n) is 13.8. The molecule has 2 heterocycles. The van der Waals surface area contributed by atoms with Crippen molar-refractivity contribution in [3.8, 4) is 0 Å². The third-order valence-corrected chi connectivity index (χ3v) is 4.95. The highest BCUT2D eigenvalue weighted by Gasteiger charge is 2.34. The van der Waals surface area contributed by atoms with Crippen LogP contribution in [0.3, 0.4) is 0 Å². The fourth-order valence-electron chi connectivity index (χ4n) is 3.74. The molecule has 126 valence electrons. The van der Waals surface area contributed by atoms with E-state index >= 15 is 0 Å². The molecule has 0 N–H and O–H groups in total. The van der Waals surface area contributed by atoms with Gasteiger partial charge in [-0.05, 0) is 29.9 Å². The van der Waals surface area contributed by atoms with E-state index < -0.39 is 0 Å². The van der Waals surface area contributed by atoms with Crippen molar-refractivity contribution < 1.29 is 13.9 Å². The fourth-order valence-corrected chi connectivity index (χ4v) is 3.74. The minimum Gasteiger partial charge on any atom is -0.423 e. The summed E-state index contributed by atoms with van der Waals surface area (Å²) in [6, 6.07) is 8.17. The van der Waals surface area contributed by atoms with E-state index in [9.17, 15) is 4.79 Å². The number of hydrogen-bond donors (Lipinski definition) is 0. The summed E-state index contributed by atoms with van der Waals surface area (Å²) in [6.07, 6.45) is 2.63. The SMILES string of the molecule is Cc1nnc([C@@H]2COCCN2C(=O)C[C@H]2CCc3ccccc32)o1. The maximum atomic E-state index is 12.9. The van der Waals surface area contributed by atoms with Gasteiger partial charge in [0.25, 0.3) is 0 Å². The van der Waals surface area contributed by atoms with Crippen LogP contribution in [-0.2, 0) is 16.0 Å². The normalized spacial score (nSPS) is 23.3. The summed E-state index contributed by atoms with van der Waals surface area (Å²) in [5.41, 5.74) is 2.70. The number of aryl methyl sites for hydroxylation is 2. The first-order valence-corrected chi connectivity index (χ1v) is 8.47. The number of ether oxygens (including phenoxy) is 1. The monoisotopic (exact) mass is 327 g/mol. The molecule has 1 fully saturated rings. The second-order valence-electron chi connectivity index (χ2n) is 6.48. The minimum absolute atomic E-state index is 0.140. The number of hydrogen-bond acceptors (Lipinski definition) is 5. The van der Waals surface area contributed by atoms with E-state index in [1.165, 1.54) is 11.1 Å². The van der Waals surface area contributed by atoms with Gasteiger partial charge in [0.05, 0.1) is 13.2 Å². The van der Waals surface area contributed by atoms with Crippen molar-refractivity contribution in [2.75, 3.05) is 19.8 Å². The van der Waals surface area contributed by atoms with Gasteiger partial charge >= 0.3 is 0 Å². The molecule has 6 heteroatoms. The zero-order valence-corrected chi connectivity index (χ0v) is 13.8. The average Bonchev–Trinajstić information content (AvgIpc) is 3.22. The number of morpholine rings is 1. The molecule has 2 atom stereocenters. The van der Waals surface area contributed by atoms with Crippen molar-refractivity contribution >= 4 is 5.91 Å². The highest BCUT2D eigenvalue weighted by molar-refractivity contribution is 5.78. The summed E-state index contributed by atoms with van der Waals surface area (Å²) >= 11 is 0.